The third kappa shape index (κ3) is 5.75. The van der Waals surface area contributed by atoms with Crippen LogP contribution < -0.4 is 25.0 Å². The zero-order valence-electron chi connectivity index (χ0n) is 25.3. The van der Waals surface area contributed by atoms with E-state index in [4.69, 9.17) is 9.47 Å². The molecule has 2 N–H and O–H groups in total. The van der Waals surface area contributed by atoms with E-state index in [-0.39, 0.29) is 23.7 Å². The van der Waals surface area contributed by atoms with Crippen molar-refractivity contribution in [2.75, 3.05) is 36.3 Å². The van der Waals surface area contributed by atoms with E-state index in [1.54, 1.807) is 25.2 Å². The highest BCUT2D eigenvalue weighted by molar-refractivity contribution is 6.03. The largest absolute Gasteiger partial charge is 0.493 e. The number of ketones is 1. The standard InChI is InChI=1S/C34H36N6O4/c1-34(2)16-26-31(28(41)17-34)32(24-8-7-11-29(43-3)33(24)44-4)40(27-10-6-5-9-25(27)38-26)19-30(42)37-23-14-12-22(13-15-23)18-39-21-35-20-36-39/h5-15,20-21,32,38H,16-19H2,1-4H3,(H,37,42). The number of benzene rings is 3. The van der Waals surface area contributed by atoms with Crippen molar-refractivity contribution in [1.82, 2.24) is 14.8 Å². The number of hydrogen-bond acceptors (Lipinski definition) is 8. The number of nitrogens with zero attached hydrogens (tertiary/aromatic N) is 4. The second-order valence-electron chi connectivity index (χ2n) is 11.9. The maximum Gasteiger partial charge on any atom is 0.243 e. The van der Waals surface area contributed by atoms with Crippen molar-refractivity contribution in [2.24, 2.45) is 5.41 Å². The van der Waals surface area contributed by atoms with Gasteiger partial charge < -0.3 is 25.0 Å². The first-order valence-electron chi connectivity index (χ1n) is 14.6. The Bertz CT molecular complexity index is 1710. The van der Waals surface area contributed by atoms with Gasteiger partial charge in [-0.3, -0.25) is 9.59 Å². The van der Waals surface area contributed by atoms with Crippen LogP contribution in [0.4, 0.5) is 17.1 Å². The minimum atomic E-state index is -0.606. The van der Waals surface area contributed by atoms with Crippen LogP contribution in [0, 0.1) is 5.41 Å². The highest BCUT2D eigenvalue weighted by Crippen LogP contribution is 2.50. The lowest BCUT2D eigenvalue weighted by Crippen LogP contribution is -2.40. The molecule has 1 unspecified atom stereocenters. The van der Waals surface area contributed by atoms with Crippen molar-refractivity contribution in [3.05, 3.63) is 102 Å². The van der Waals surface area contributed by atoms with Gasteiger partial charge in [0.05, 0.1) is 44.7 Å². The number of nitrogens with one attached hydrogen (secondary N) is 2. The molecule has 0 bridgehead atoms. The molecule has 6 rings (SSSR count). The van der Waals surface area contributed by atoms with Crippen molar-refractivity contribution in [1.29, 1.82) is 0 Å². The SMILES string of the molecule is COc1cccc(C2C3=C(CC(C)(C)CC3=O)Nc3ccccc3N2CC(=O)Nc2ccc(Cn3cncn3)cc2)c1OC. The molecule has 0 radical (unpaired) electrons. The number of rotatable bonds is 8. The van der Waals surface area contributed by atoms with Crippen LogP contribution in [0.1, 0.15) is 43.9 Å². The van der Waals surface area contributed by atoms with Crippen LogP contribution in [0.3, 0.4) is 0 Å². The maximum absolute atomic E-state index is 14.0. The van der Waals surface area contributed by atoms with E-state index in [1.807, 2.05) is 71.6 Å². The second-order valence-corrected chi connectivity index (χ2v) is 11.9. The van der Waals surface area contributed by atoms with E-state index >= 15 is 0 Å². The zero-order chi connectivity index (χ0) is 30.8. The van der Waals surface area contributed by atoms with Crippen LogP contribution >= 0.6 is 0 Å². The summed E-state index contributed by atoms with van der Waals surface area (Å²) >= 11 is 0. The molecule has 4 aromatic rings. The van der Waals surface area contributed by atoms with Crippen molar-refractivity contribution in [3.8, 4) is 11.5 Å². The first-order valence-corrected chi connectivity index (χ1v) is 14.6. The van der Waals surface area contributed by atoms with Gasteiger partial charge in [0.1, 0.15) is 12.7 Å². The van der Waals surface area contributed by atoms with E-state index in [0.717, 1.165) is 28.2 Å². The van der Waals surface area contributed by atoms with Crippen LogP contribution in [0.5, 0.6) is 11.5 Å². The minimum absolute atomic E-state index is 0.0160. The predicted molar refractivity (Wildman–Crippen MR) is 169 cm³/mol. The molecular formula is C34H36N6O4. The number of hydrogen-bond donors (Lipinski definition) is 2. The summed E-state index contributed by atoms with van der Waals surface area (Å²) in [4.78, 5) is 33.8. The molecule has 1 aromatic heterocycles. The molecule has 0 fully saturated rings. The predicted octanol–water partition coefficient (Wildman–Crippen LogP) is 5.60. The van der Waals surface area contributed by atoms with Gasteiger partial charge in [0.2, 0.25) is 5.91 Å². The van der Waals surface area contributed by atoms with Gasteiger partial charge in [0.15, 0.2) is 17.3 Å². The monoisotopic (exact) mass is 592 g/mol. The van der Waals surface area contributed by atoms with Gasteiger partial charge in [-0.2, -0.15) is 5.10 Å². The summed E-state index contributed by atoms with van der Waals surface area (Å²) in [7, 11) is 3.18. The highest BCUT2D eigenvalue weighted by atomic mass is 16.5. The Hall–Kier alpha value is -5.12. The van der Waals surface area contributed by atoms with E-state index in [1.165, 1.54) is 6.33 Å². The van der Waals surface area contributed by atoms with Crippen molar-refractivity contribution < 1.29 is 19.1 Å². The van der Waals surface area contributed by atoms with Crippen molar-refractivity contribution in [2.45, 2.75) is 39.3 Å². The Morgan fingerprint density at radius 2 is 1.82 bits per heavy atom. The summed E-state index contributed by atoms with van der Waals surface area (Å²) in [6, 6.07) is 20.5. The number of carbonyl (C=O) groups is 2. The van der Waals surface area contributed by atoms with Gasteiger partial charge in [-0.15, -0.1) is 0 Å². The Balaban J connectivity index is 1.40. The number of aromatic nitrogens is 3. The van der Waals surface area contributed by atoms with E-state index in [0.29, 0.717) is 42.1 Å². The van der Waals surface area contributed by atoms with Crippen LogP contribution in [0.2, 0.25) is 0 Å². The average Bonchev–Trinajstić information content (AvgIpc) is 3.47. The van der Waals surface area contributed by atoms with E-state index in [9.17, 15) is 9.59 Å². The van der Waals surface area contributed by atoms with Gasteiger partial charge in [-0.05, 0) is 47.7 Å². The lowest BCUT2D eigenvalue weighted by Gasteiger charge is -2.38. The first kappa shape index (κ1) is 29.0. The summed E-state index contributed by atoms with van der Waals surface area (Å²) in [6.45, 7) is 4.78. The van der Waals surface area contributed by atoms with Crippen LogP contribution in [0.25, 0.3) is 0 Å². The number of fused-ring (bicyclic) bond motifs is 1. The highest BCUT2D eigenvalue weighted by Gasteiger charge is 2.43. The Kier molecular flexibility index (Phi) is 7.82. The molecule has 0 spiro atoms. The number of ether oxygens (including phenoxy) is 2. The van der Waals surface area contributed by atoms with Crippen LogP contribution in [-0.4, -0.2) is 47.2 Å². The molecule has 44 heavy (non-hydrogen) atoms. The Morgan fingerprint density at radius 1 is 1.02 bits per heavy atom. The summed E-state index contributed by atoms with van der Waals surface area (Å²) < 4.78 is 13.3. The molecule has 2 aliphatic rings. The topological polar surface area (TPSA) is 111 Å². The molecule has 2 heterocycles. The molecule has 1 amide bonds. The molecule has 0 saturated carbocycles. The average molecular weight is 593 g/mol. The first-order chi connectivity index (χ1) is 21.3. The number of anilines is 3. The fraction of sp³-hybridized carbons (Fsp3) is 0.294. The summed E-state index contributed by atoms with van der Waals surface area (Å²) in [5, 5.41) is 10.8. The Labute approximate surface area is 256 Å². The van der Waals surface area contributed by atoms with Gasteiger partial charge >= 0.3 is 0 Å². The van der Waals surface area contributed by atoms with Crippen LogP contribution in [-0.2, 0) is 16.1 Å². The smallest absolute Gasteiger partial charge is 0.243 e. The van der Waals surface area contributed by atoms with Gasteiger partial charge in [-0.25, -0.2) is 9.67 Å². The zero-order valence-corrected chi connectivity index (χ0v) is 25.3. The molecule has 1 aliphatic carbocycles. The quantitative estimate of drug-likeness (QED) is 0.272. The van der Waals surface area contributed by atoms with Crippen LogP contribution in [0.15, 0.2) is 90.7 Å². The normalized spacial score (nSPS) is 17.2. The third-order valence-electron chi connectivity index (χ3n) is 8.09. The minimum Gasteiger partial charge on any atom is -0.493 e. The third-order valence-corrected chi connectivity index (χ3v) is 8.09. The summed E-state index contributed by atoms with van der Waals surface area (Å²) in [6.07, 6.45) is 4.25. The maximum atomic E-state index is 14.0. The molecular weight excluding hydrogens is 556 g/mol. The summed E-state index contributed by atoms with van der Waals surface area (Å²) in [5.74, 6) is 0.900. The second kappa shape index (κ2) is 11.9. The number of amides is 1. The van der Waals surface area contributed by atoms with Gasteiger partial charge in [0.25, 0.3) is 0 Å². The van der Waals surface area contributed by atoms with Gasteiger partial charge in [-0.1, -0.05) is 50.2 Å². The molecule has 1 aliphatic heterocycles. The number of carbonyl (C=O) groups excluding carboxylic acids is 2. The number of Topliss-reactive ketones (excluding diaryl/α,β-unsaturated/α-hetero) is 1. The molecule has 10 heteroatoms. The molecule has 10 nitrogen and oxygen atoms in total. The van der Waals surface area contributed by atoms with Gasteiger partial charge in [0, 0.05) is 28.9 Å². The number of methoxy groups -OCH3 is 2. The lowest BCUT2D eigenvalue weighted by atomic mass is 9.73. The fourth-order valence-corrected chi connectivity index (χ4v) is 6.23. The molecule has 1 atom stereocenters. The van der Waals surface area contributed by atoms with Crippen molar-refractivity contribution >= 4 is 28.8 Å². The summed E-state index contributed by atoms with van der Waals surface area (Å²) in [5.41, 5.74) is 5.37. The fourth-order valence-electron chi connectivity index (χ4n) is 6.23. The number of allylic oxidation sites excluding steroid dienone is 1. The molecule has 3 aromatic carbocycles. The van der Waals surface area contributed by atoms with E-state index in [2.05, 4.69) is 34.6 Å². The van der Waals surface area contributed by atoms with Crippen molar-refractivity contribution in [3.63, 3.8) is 0 Å². The number of para-hydroxylation sites is 3. The molecule has 226 valence electrons. The Morgan fingerprint density at radius 3 is 2.55 bits per heavy atom. The van der Waals surface area contributed by atoms with E-state index < -0.39 is 6.04 Å². The lowest BCUT2D eigenvalue weighted by molar-refractivity contribution is -0.119. The molecule has 0 saturated heterocycles.